The molecular formula is C24H26N4O2. The molecular weight excluding hydrogens is 376 g/mol. The highest BCUT2D eigenvalue weighted by molar-refractivity contribution is 5.93. The number of carbonyl (C=O) groups is 2. The van der Waals surface area contributed by atoms with Gasteiger partial charge in [-0.3, -0.25) is 14.7 Å². The summed E-state index contributed by atoms with van der Waals surface area (Å²) in [6.07, 6.45) is 3.66. The predicted molar refractivity (Wildman–Crippen MR) is 116 cm³/mol. The van der Waals surface area contributed by atoms with Gasteiger partial charge in [0.05, 0.1) is 5.41 Å². The minimum atomic E-state index is -0.673. The lowest BCUT2D eigenvalue weighted by Crippen LogP contribution is -2.54. The van der Waals surface area contributed by atoms with E-state index in [0.29, 0.717) is 25.2 Å². The number of nitrogens with one attached hydrogen (secondary N) is 2. The molecule has 1 aromatic heterocycles. The van der Waals surface area contributed by atoms with Gasteiger partial charge in [-0.25, -0.2) is 0 Å². The van der Waals surface area contributed by atoms with Gasteiger partial charge < -0.3 is 10.2 Å². The Morgan fingerprint density at radius 1 is 1.10 bits per heavy atom. The highest BCUT2D eigenvalue weighted by Crippen LogP contribution is 2.37. The van der Waals surface area contributed by atoms with Crippen LogP contribution in [0.1, 0.15) is 28.9 Å². The fourth-order valence-corrected chi connectivity index (χ4v) is 4.46. The fourth-order valence-electron chi connectivity index (χ4n) is 4.46. The number of piperidine rings is 1. The molecule has 30 heavy (non-hydrogen) atoms. The van der Waals surface area contributed by atoms with E-state index >= 15 is 0 Å². The summed E-state index contributed by atoms with van der Waals surface area (Å²) in [5.41, 5.74) is 3.14. The quantitative estimate of drug-likeness (QED) is 0.687. The Morgan fingerprint density at radius 2 is 1.87 bits per heavy atom. The van der Waals surface area contributed by atoms with E-state index in [0.717, 1.165) is 29.5 Å². The van der Waals surface area contributed by atoms with Crippen LogP contribution in [0.5, 0.6) is 0 Å². The Balaban J connectivity index is 1.67. The van der Waals surface area contributed by atoms with E-state index in [1.807, 2.05) is 30.3 Å². The van der Waals surface area contributed by atoms with Crippen LogP contribution in [0.2, 0.25) is 0 Å². The van der Waals surface area contributed by atoms with Crippen LogP contribution in [0.4, 0.5) is 0 Å². The molecule has 0 bridgehead atoms. The van der Waals surface area contributed by atoms with Crippen LogP contribution in [0.15, 0.2) is 66.9 Å². The molecule has 0 aliphatic carbocycles. The van der Waals surface area contributed by atoms with Crippen LogP contribution >= 0.6 is 0 Å². The van der Waals surface area contributed by atoms with Crippen molar-refractivity contribution < 1.29 is 9.59 Å². The van der Waals surface area contributed by atoms with E-state index in [9.17, 15) is 9.59 Å². The average Bonchev–Trinajstić information content (AvgIpc) is 3.34. The van der Waals surface area contributed by atoms with Crippen molar-refractivity contribution in [2.75, 3.05) is 20.1 Å². The van der Waals surface area contributed by atoms with Crippen molar-refractivity contribution in [2.24, 2.45) is 5.41 Å². The van der Waals surface area contributed by atoms with E-state index in [-0.39, 0.29) is 11.8 Å². The zero-order chi connectivity index (χ0) is 21.0. The maximum Gasteiger partial charge on any atom is 0.271 e. The SMILES string of the molecule is CNC(=O)C1(Cc2ccccc2-c2ccccc2)CCCN(C(=O)c2ccn[nH]2)C1. The number of H-pyrrole nitrogens is 1. The lowest BCUT2D eigenvalue weighted by atomic mass is 9.73. The monoisotopic (exact) mass is 402 g/mol. The second kappa shape index (κ2) is 8.53. The molecule has 2 N–H and O–H groups in total. The number of hydrogen-bond acceptors (Lipinski definition) is 3. The molecule has 0 spiro atoms. The topological polar surface area (TPSA) is 78.1 Å². The molecule has 1 aliphatic rings. The molecule has 1 fully saturated rings. The highest BCUT2D eigenvalue weighted by atomic mass is 16.2. The number of aromatic amines is 1. The van der Waals surface area contributed by atoms with E-state index in [2.05, 4.69) is 39.8 Å². The van der Waals surface area contributed by atoms with E-state index < -0.39 is 5.41 Å². The van der Waals surface area contributed by atoms with E-state index in [4.69, 9.17) is 0 Å². The molecule has 1 saturated heterocycles. The predicted octanol–water partition coefficient (Wildman–Crippen LogP) is 3.29. The Labute approximate surface area is 176 Å². The van der Waals surface area contributed by atoms with Crippen molar-refractivity contribution in [3.05, 3.63) is 78.1 Å². The summed E-state index contributed by atoms with van der Waals surface area (Å²) < 4.78 is 0. The second-order valence-corrected chi connectivity index (χ2v) is 7.86. The van der Waals surface area contributed by atoms with Crippen molar-refractivity contribution in [1.29, 1.82) is 0 Å². The lowest BCUT2D eigenvalue weighted by Gasteiger charge is -2.41. The van der Waals surface area contributed by atoms with Crippen molar-refractivity contribution in [2.45, 2.75) is 19.3 Å². The van der Waals surface area contributed by atoms with Gasteiger partial charge >= 0.3 is 0 Å². The normalized spacial score (nSPS) is 18.8. The molecule has 0 saturated carbocycles. The summed E-state index contributed by atoms with van der Waals surface area (Å²) in [5, 5.41) is 9.48. The van der Waals surface area contributed by atoms with Crippen LogP contribution in [0, 0.1) is 5.41 Å². The molecule has 1 atom stereocenters. The number of rotatable bonds is 5. The molecule has 6 nitrogen and oxygen atoms in total. The Morgan fingerprint density at radius 3 is 2.60 bits per heavy atom. The summed E-state index contributed by atoms with van der Waals surface area (Å²) in [6, 6.07) is 20.1. The molecule has 2 amide bonds. The summed E-state index contributed by atoms with van der Waals surface area (Å²) in [5.74, 6) is -0.135. The van der Waals surface area contributed by atoms with Gasteiger partial charge in [0.1, 0.15) is 5.69 Å². The van der Waals surface area contributed by atoms with Crippen LogP contribution < -0.4 is 5.32 Å². The Kier molecular flexibility index (Phi) is 5.65. The maximum atomic E-state index is 13.1. The molecule has 3 aromatic rings. The smallest absolute Gasteiger partial charge is 0.271 e. The van der Waals surface area contributed by atoms with Gasteiger partial charge in [0.25, 0.3) is 5.91 Å². The number of nitrogens with zero attached hydrogens (tertiary/aromatic N) is 2. The second-order valence-electron chi connectivity index (χ2n) is 7.86. The zero-order valence-corrected chi connectivity index (χ0v) is 17.1. The fraction of sp³-hybridized carbons (Fsp3) is 0.292. The minimum Gasteiger partial charge on any atom is -0.359 e. The molecule has 2 heterocycles. The number of amides is 2. The van der Waals surface area contributed by atoms with Gasteiger partial charge in [0, 0.05) is 26.3 Å². The molecule has 6 heteroatoms. The van der Waals surface area contributed by atoms with E-state index in [1.165, 1.54) is 0 Å². The number of benzene rings is 2. The van der Waals surface area contributed by atoms with Crippen LogP contribution in [-0.2, 0) is 11.2 Å². The first kappa shape index (κ1) is 19.9. The third kappa shape index (κ3) is 3.85. The molecule has 1 aliphatic heterocycles. The molecule has 4 rings (SSSR count). The zero-order valence-electron chi connectivity index (χ0n) is 17.1. The van der Waals surface area contributed by atoms with Gasteiger partial charge in [0.2, 0.25) is 5.91 Å². The molecule has 1 unspecified atom stereocenters. The van der Waals surface area contributed by atoms with Gasteiger partial charge in [-0.1, -0.05) is 54.6 Å². The van der Waals surface area contributed by atoms with Gasteiger partial charge in [-0.05, 0) is 42.0 Å². The van der Waals surface area contributed by atoms with Crippen LogP contribution in [-0.4, -0.2) is 47.0 Å². The molecule has 0 radical (unpaired) electrons. The largest absolute Gasteiger partial charge is 0.359 e. The number of hydrogen-bond donors (Lipinski definition) is 2. The van der Waals surface area contributed by atoms with Crippen molar-refractivity contribution in [1.82, 2.24) is 20.4 Å². The summed E-state index contributed by atoms with van der Waals surface area (Å²) in [7, 11) is 1.67. The number of likely N-dealkylation sites (tertiary alicyclic amines) is 1. The van der Waals surface area contributed by atoms with Crippen molar-refractivity contribution in [3.8, 4) is 11.1 Å². The van der Waals surface area contributed by atoms with Crippen LogP contribution in [0.3, 0.4) is 0 Å². The lowest BCUT2D eigenvalue weighted by molar-refractivity contribution is -0.133. The molecule has 154 valence electrons. The number of aromatic nitrogens is 2. The summed E-state index contributed by atoms with van der Waals surface area (Å²) >= 11 is 0. The van der Waals surface area contributed by atoms with E-state index in [1.54, 1.807) is 24.2 Å². The number of carbonyl (C=O) groups excluding carboxylic acids is 2. The maximum absolute atomic E-state index is 13.1. The molecule has 2 aromatic carbocycles. The third-order valence-corrected chi connectivity index (χ3v) is 5.93. The Hall–Kier alpha value is -3.41. The van der Waals surface area contributed by atoms with Gasteiger partial charge in [-0.15, -0.1) is 0 Å². The van der Waals surface area contributed by atoms with Gasteiger partial charge in [-0.2, -0.15) is 5.10 Å². The summed E-state index contributed by atoms with van der Waals surface area (Å²) in [6.45, 7) is 1.02. The first-order valence-electron chi connectivity index (χ1n) is 10.3. The van der Waals surface area contributed by atoms with Crippen molar-refractivity contribution >= 4 is 11.8 Å². The van der Waals surface area contributed by atoms with Crippen LogP contribution in [0.25, 0.3) is 11.1 Å². The first-order chi connectivity index (χ1) is 14.6. The highest BCUT2D eigenvalue weighted by Gasteiger charge is 2.43. The average molecular weight is 402 g/mol. The first-order valence-corrected chi connectivity index (χ1v) is 10.3. The third-order valence-electron chi connectivity index (χ3n) is 5.93. The Bertz CT molecular complexity index is 1020. The summed E-state index contributed by atoms with van der Waals surface area (Å²) in [4.78, 5) is 27.8. The standard InChI is InChI=1S/C24H26N4O2/c1-25-23(30)24(13-7-15-28(17-24)22(29)21-12-14-26-27-21)16-19-10-5-6-11-20(19)18-8-3-2-4-9-18/h2-6,8-12,14H,7,13,15-17H2,1H3,(H,25,30)(H,26,27). The van der Waals surface area contributed by atoms with Gasteiger partial charge in [0.15, 0.2) is 0 Å². The van der Waals surface area contributed by atoms with Crippen molar-refractivity contribution in [3.63, 3.8) is 0 Å². The minimum absolute atomic E-state index is 0.0209.